The first kappa shape index (κ1) is 28.6. The summed E-state index contributed by atoms with van der Waals surface area (Å²) in [4.78, 5) is 14.9. The maximum absolute atomic E-state index is 13.0. The molecule has 0 unspecified atom stereocenters. The zero-order chi connectivity index (χ0) is 24.0. The highest BCUT2D eigenvalue weighted by molar-refractivity contribution is 5.76. The molecule has 0 saturated carbocycles. The number of ether oxygens (including phenoxy) is 3. The van der Waals surface area contributed by atoms with Gasteiger partial charge in [0.05, 0.1) is 26.4 Å². The Hall–Kier alpha value is -1.47. The number of hydrogen-bond donors (Lipinski definition) is 1. The normalized spacial score (nSPS) is 12.2. The average molecular weight is 451 g/mol. The minimum absolute atomic E-state index is 0.0312. The van der Waals surface area contributed by atoms with E-state index in [-0.39, 0.29) is 16.7 Å². The Labute approximate surface area is 196 Å². The van der Waals surface area contributed by atoms with Gasteiger partial charge >= 0.3 is 0 Å². The maximum atomic E-state index is 13.0. The number of methoxy groups -OCH3 is 2. The Kier molecular flexibility index (Phi) is 13.1. The van der Waals surface area contributed by atoms with E-state index >= 15 is 0 Å². The molecular formula is C26H46N2O4. The zero-order valence-electron chi connectivity index (χ0n) is 21.5. The molecule has 0 atom stereocenters. The summed E-state index contributed by atoms with van der Waals surface area (Å²) in [7, 11) is 3.38. The SMILES string of the molecule is COCCNCC(C)(C)COCC(C)(C)CN(CCOC)C(=O)CCc1ccc(C)cc1. The Morgan fingerprint density at radius 1 is 0.969 bits per heavy atom. The molecule has 0 radical (unpaired) electrons. The fourth-order valence-corrected chi connectivity index (χ4v) is 3.48. The first-order valence-electron chi connectivity index (χ1n) is 11.7. The van der Waals surface area contributed by atoms with Crippen LogP contribution in [-0.4, -0.2) is 77.6 Å². The van der Waals surface area contributed by atoms with E-state index in [0.29, 0.717) is 45.9 Å². The maximum Gasteiger partial charge on any atom is 0.222 e. The molecule has 0 aliphatic rings. The largest absolute Gasteiger partial charge is 0.383 e. The molecule has 6 heteroatoms. The lowest BCUT2D eigenvalue weighted by molar-refractivity contribution is -0.134. The number of benzene rings is 1. The van der Waals surface area contributed by atoms with E-state index < -0.39 is 0 Å². The minimum Gasteiger partial charge on any atom is -0.383 e. The number of rotatable bonds is 17. The summed E-state index contributed by atoms with van der Waals surface area (Å²) in [6, 6.07) is 8.40. The van der Waals surface area contributed by atoms with E-state index in [9.17, 15) is 4.79 Å². The molecule has 0 heterocycles. The lowest BCUT2D eigenvalue weighted by atomic mass is 9.92. The van der Waals surface area contributed by atoms with Crippen LogP contribution in [0.3, 0.4) is 0 Å². The molecule has 32 heavy (non-hydrogen) atoms. The third kappa shape index (κ3) is 12.5. The summed E-state index contributed by atoms with van der Waals surface area (Å²) in [6.07, 6.45) is 1.26. The van der Waals surface area contributed by atoms with Crippen molar-refractivity contribution in [3.05, 3.63) is 35.4 Å². The van der Waals surface area contributed by atoms with Crippen LogP contribution < -0.4 is 5.32 Å². The van der Waals surface area contributed by atoms with Crippen LogP contribution in [0.25, 0.3) is 0 Å². The van der Waals surface area contributed by atoms with Crippen molar-refractivity contribution in [3.63, 3.8) is 0 Å². The molecule has 0 fully saturated rings. The number of amides is 1. The molecule has 1 amide bonds. The molecule has 1 rings (SSSR count). The van der Waals surface area contributed by atoms with E-state index in [1.165, 1.54) is 11.1 Å². The Morgan fingerprint density at radius 2 is 1.59 bits per heavy atom. The highest BCUT2D eigenvalue weighted by Gasteiger charge is 2.27. The van der Waals surface area contributed by atoms with E-state index in [1.807, 2.05) is 4.90 Å². The first-order chi connectivity index (χ1) is 15.1. The van der Waals surface area contributed by atoms with Crippen molar-refractivity contribution in [1.82, 2.24) is 10.2 Å². The van der Waals surface area contributed by atoms with Gasteiger partial charge in [0.25, 0.3) is 0 Å². The van der Waals surface area contributed by atoms with Crippen molar-refractivity contribution >= 4 is 5.91 Å². The van der Waals surface area contributed by atoms with E-state index in [0.717, 1.165) is 19.5 Å². The number of carbonyl (C=O) groups is 1. The van der Waals surface area contributed by atoms with Gasteiger partial charge in [-0.15, -0.1) is 0 Å². The molecule has 0 bridgehead atoms. The number of carbonyl (C=O) groups excluding carboxylic acids is 1. The van der Waals surface area contributed by atoms with Crippen LogP contribution in [0.2, 0.25) is 0 Å². The van der Waals surface area contributed by atoms with Crippen molar-refractivity contribution in [2.24, 2.45) is 10.8 Å². The van der Waals surface area contributed by atoms with Gasteiger partial charge in [-0.3, -0.25) is 4.79 Å². The van der Waals surface area contributed by atoms with Crippen LogP contribution in [0.4, 0.5) is 0 Å². The van der Waals surface area contributed by atoms with Gasteiger partial charge in [-0.1, -0.05) is 57.5 Å². The minimum atomic E-state index is -0.146. The molecule has 184 valence electrons. The summed E-state index contributed by atoms with van der Waals surface area (Å²) in [5.74, 6) is 0.165. The quantitative estimate of drug-likeness (QED) is 0.367. The number of nitrogens with one attached hydrogen (secondary N) is 1. The van der Waals surface area contributed by atoms with Gasteiger partial charge in [-0.25, -0.2) is 0 Å². The zero-order valence-corrected chi connectivity index (χ0v) is 21.5. The van der Waals surface area contributed by atoms with Crippen LogP contribution in [0, 0.1) is 17.8 Å². The molecule has 6 nitrogen and oxygen atoms in total. The molecule has 0 aliphatic carbocycles. The Balaban J connectivity index is 2.53. The van der Waals surface area contributed by atoms with Crippen LogP contribution in [0.15, 0.2) is 24.3 Å². The summed E-state index contributed by atoms with van der Waals surface area (Å²) in [6.45, 7) is 16.2. The Bertz CT molecular complexity index is 644. The van der Waals surface area contributed by atoms with Crippen LogP contribution >= 0.6 is 0 Å². The second-order valence-electron chi connectivity index (χ2n) is 10.3. The van der Waals surface area contributed by atoms with Gasteiger partial charge in [-0.05, 0) is 18.9 Å². The highest BCUT2D eigenvalue weighted by Crippen LogP contribution is 2.21. The van der Waals surface area contributed by atoms with Crippen molar-refractivity contribution in [2.75, 3.05) is 66.8 Å². The van der Waals surface area contributed by atoms with E-state index in [4.69, 9.17) is 14.2 Å². The monoisotopic (exact) mass is 450 g/mol. The van der Waals surface area contributed by atoms with Crippen molar-refractivity contribution in [1.29, 1.82) is 0 Å². The molecule has 0 spiro atoms. The van der Waals surface area contributed by atoms with Crippen molar-refractivity contribution in [3.8, 4) is 0 Å². The van der Waals surface area contributed by atoms with Crippen LogP contribution in [0.5, 0.6) is 0 Å². The lowest BCUT2D eigenvalue weighted by Gasteiger charge is -2.34. The number of hydrogen-bond acceptors (Lipinski definition) is 5. The fraction of sp³-hybridized carbons (Fsp3) is 0.731. The second-order valence-corrected chi connectivity index (χ2v) is 10.3. The highest BCUT2D eigenvalue weighted by atomic mass is 16.5. The predicted octanol–water partition coefficient (Wildman–Crippen LogP) is 3.71. The standard InChI is InChI=1S/C26H46N2O4/c1-22-8-10-23(11-9-22)12-13-24(29)28(15-17-31-7)19-26(4,5)21-32-20-25(2,3)18-27-14-16-30-6/h8-11,27H,12-21H2,1-7H3. The summed E-state index contributed by atoms with van der Waals surface area (Å²) in [5.41, 5.74) is 2.31. The predicted molar refractivity (Wildman–Crippen MR) is 131 cm³/mol. The third-order valence-corrected chi connectivity index (χ3v) is 5.36. The van der Waals surface area contributed by atoms with Gasteiger partial charge in [0.15, 0.2) is 0 Å². The van der Waals surface area contributed by atoms with Gasteiger partial charge < -0.3 is 24.4 Å². The molecule has 1 N–H and O–H groups in total. The lowest BCUT2D eigenvalue weighted by Crippen LogP contribution is -2.43. The van der Waals surface area contributed by atoms with Gasteiger partial charge in [-0.2, -0.15) is 0 Å². The average Bonchev–Trinajstić information content (AvgIpc) is 2.73. The fourth-order valence-electron chi connectivity index (χ4n) is 3.48. The van der Waals surface area contributed by atoms with Crippen LogP contribution in [-0.2, 0) is 25.4 Å². The van der Waals surface area contributed by atoms with Gasteiger partial charge in [0, 0.05) is 57.6 Å². The molecular weight excluding hydrogens is 404 g/mol. The van der Waals surface area contributed by atoms with Gasteiger partial charge in [0.1, 0.15) is 0 Å². The summed E-state index contributed by atoms with van der Waals surface area (Å²) < 4.78 is 16.4. The molecule has 0 aromatic heterocycles. The molecule has 0 aliphatic heterocycles. The Morgan fingerprint density at radius 3 is 2.22 bits per heavy atom. The van der Waals surface area contributed by atoms with E-state index in [2.05, 4.69) is 64.2 Å². The molecule has 0 saturated heterocycles. The smallest absolute Gasteiger partial charge is 0.222 e. The van der Waals surface area contributed by atoms with Crippen molar-refractivity contribution < 1.29 is 19.0 Å². The number of aryl methyl sites for hydroxylation is 2. The topological polar surface area (TPSA) is 60.0 Å². The van der Waals surface area contributed by atoms with Crippen molar-refractivity contribution in [2.45, 2.75) is 47.5 Å². The van der Waals surface area contributed by atoms with Gasteiger partial charge in [0.2, 0.25) is 5.91 Å². The third-order valence-electron chi connectivity index (χ3n) is 5.36. The molecule has 1 aromatic carbocycles. The summed E-state index contributed by atoms with van der Waals surface area (Å²) >= 11 is 0. The number of nitrogens with zero attached hydrogens (tertiary/aromatic N) is 1. The second kappa shape index (κ2) is 14.6. The first-order valence-corrected chi connectivity index (χ1v) is 11.7. The van der Waals surface area contributed by atoms with Crippen LogP contribution in [0.1, 0.15) is 45.2 Å². The molecule has 1 aromatic rings. The summed E-state index contributed by atoms with van der Waals surface area (Å²) in [5, 5.41) is 3.40. The van der Waals surface area contributed by atoms with E-state index in [1.54, 1.807) is 14.2 Å².